The van der Waals surface area contributed by atoms with Crippen molar-refractivity contribution in [2.45, 2.75) is 24.8 Å². The molecule has 0 aliphatic carbocycles. The summed E-state index contributed by atoms with van der Waals surface area (Å²) in [6.45, 7) is 3.47. The van der Waals surface area contributed by atoms with Crippen LogP contribution in [-0.2, 0) is 14.6 Å². The van der Waals surface area contributed by atoms with Gasteiger partial charge in [-0.25, -0.2) is 8.42 Å². The van der Waals surface area contributed by atoms with E-state index in [-0.39, 0.29) is 29.1 Å². The Labute approximate surface area is 129 Å². The number of nitro groups is 1. The molecule has 122 valence electrons. The molecule has 9 heteroatoms. The highest BCUT2D eigenvalue weighted by molar-refractivity contribution is 7.90. The summed E-state index contributed by atoms with van der Waals surface area (Å²) in [4.78, 5) is 23.3. The van der Waals surface area contributed by atoms with Crippen molar-refractivity contribution >= 4 is 27.1 Å². The first kappa shape index (κ1) is 17.9. The van der Waals surface area contributed by atoms with E-state index in [1.54, 1.807) is 13.8 Å². The minimum absolute atomic E-state index is 0.0572. The van der Waals surface area contributed by atoms with Gasteiger partial charge in [-0.05, 0) is 26.0 Å². The van der Waals surface area contributed by atoms with Crippen LogP contribution in [0.3, 0.4) is 0 Å². The Bertz CT molecular complexity index is 685. The lowest BCUT2D eigenvalue weighted by Crippen LogP contribution is -2.38. The van der Waals surface area contributed by atoms with Gasteiger partial charge < -0.3 is 10.2 Å². The van der Waals surface area contributed by atoms with E-state index in [1.165, 1.54) is 30.1 Å². The summed E-state index contributed by atoms with van der Waals surface area (Å²) in [5.74, 6) is -0.309. The minimum Gasteiger partial charge on any atom is -0.360 e. The number of benzene rings is 1. The Balaban J connectivity index is 3.25. The number of sulfone groups is 1. The van der Waals surface area contributed by atoms with Gasteiger partial charge in [-0.3, -0.25) is 14.9 Å². The number of carbonyl (C=O) groups is 1. The Morgan fingerprint density at radius 2 is 2.00 bits per heavy atom. The zero-order chi connectivity index (χ0) is 17.1. The van der Waals surface area contributed by atoms with E-state index in [9.17, 15) is 23.3 Å². The predicted molar refractivity (Wildman–Crippen MR) is 82.8 cm³/mol. The molecular formula is C13H19N3O5S. The molecule has 0 aliphatic rings. The fourth-order valence-corrected chi connectivity index (χ4v) is 2.83. The molecule has 0 heterocycles. The Morgan fingerprint density at radius 3 is 2.45 bits per heavy atom. The maximum Gasteiger partial charge on any atom is 0.311 e. The quantitative estimate of drug-likeness (QED) is 0.615. The van der Waals surface area contributed by atoms with Gasteiger partial charge in [-0.1, -0.05) is 6.07 Å². The highest BCUT2D eigenvalue weighted by Crippen LogP contribution is 2.33. The van der Waals surface area contributed by atoms with Crippen molar-refractivity contribution in [1.29, 1.82) is 0 Å². The maximum absolute atomic E-state index is 11.8. The Hall–Kier alpha value is -2.16. The third-order valence-electron chi connectivity index (χ3n) is 2.80. The molecule has 0 spiro atoms. The van der Waals surface area contributed by atoms with Crippen LogP contribution in [0.15, 0.2) is 23.1 Å². The largest absolute Gasteiger partial charge is 0.360 e. The summed E-state index contributed by atoms with van der Waals surface area (Å²) in [6, 6.07) is 3.95. The molecule has 0 saturated carbocycles. The van der Waals surface area contributed by atoms with Gasteiger partial charge in [-0.15, -0.1) is 0 Å². The number of hydrogen-bond acceptors (Lipinski definition) is 6. The zero-order valence-electron chi connectivity index (χ0n) is 12.9. The number of carbonyl (C=O) groups excluding carboxylic acids is 1. The van der Waals surface area contributed by atoms with E-state index in [0.717, 1.165) is 6.26 Å². The lowest BCUT2D eigenvalue weighted by molar-refractivity contribution is -0.387. The van der Waals surface area contributed by atoms with Crippen LogP contribution >= 0.6 is 0 Å². The summed E-state index contributed by atoms with van der Waals surface area (Å²) >= 11 is 0. The molecule has 0 fully saturated rings. The molecule has 1 rings (SSSR count). The number of rotatable bonds is 6. The standard InChI is InChI=1S/C13H19N3O5S/c1-9(2)14-12(17)8-15(3)10-6-5-7-11(22(4,20)21)13(10)16(18)19/h5-7,9H,8H2,1-4H3,(H,14,17). The first-order chi connectivity index (χ1) is 10.0. The molecule has 0 aromatic heterocycles. The second-order valence-corrected chi connectivity index (χ2v) is 7.22. The van der Waals surface area contributed by atoms with Crippen LogP contribution in [0.25, 0.3) is 0 Å². The molecule has 8 nitrogen and oxygen atoms in total. The first-order valence-electron chi connectivity index (χ1n) is 6.52. The van der Waals surface area contributed by atoms with E-state index in [4.69, 9.17) is 0 Å². The van der Waals surface area contributed by atoms with Crippen molar-refractivity contribution < 1.29 is 18.1 Å². The molecule has 1 amide bonds. The summed E-state index contributed by atoms with van der Waals surface area (Å²) in [5, 5.41) is 13.9. The number of nitrogens with zero attached hydrogens (tertiary/aromatic N) is 2. The summed E-state index contributed by atoms with van der Waals surface area (Å²) in [7, 11) is -2.26. The van der Waals surface area contributed by atoms with E-state index >= 15 is 0 Å². The van der Waals surface area contributed by atoms with Gasteiger partial charge >= 0.3 is 5.69 Å². The molecule has 0 unspecified atom stereocenters. The number of hydrogen-bond donors (Lipinski definition) is 1. The molecule has 22 heavy (non-hydrogen) atoms. The second-order valence-electron chi connectivity index (χ2n) is 5.23. The molecule has 0 saturated heterocycles. The molecule has 1 aromatic carbocycles. The number of para-hydroxylation sites is 1. The van der Waals surface area contributed by atoms with Gasteiger partial charge in [0.1, 0.15) is 10.6 Å². The number of amides is 1. The van der Waals surface area contributed by atoms with Crippen molar-refractivity contribution in [1.82, 2.24) is 5.32 Å². The monoisotopic (exact) mass is 329 g/mol. The Kier molecular flexibility index (Phi) is 5.48. The molecule has 0 atom stereocenters. The number of anilines is 1. The SMILES string of the molecule is CC(C)NC(=O)CN(C)c1cccc(S(C)(=O)=O)c1[N+](=O)[O-]. The number of likely N-dealkylation sites (N-methyl/N-ethyl adjacent to an activating group) is 1. The van der Waals surface area contributed by atoms with E-state index in [1.807, 2.05) is 0 Å². The third-order valence-corrected chi connectivity index (χ3v) is 3.93. The average molecular weight is 329 g/mol. The van der Waals surface area contributed by atoms with Gasteiger partial charge in [-0.2, -0.15) is 0 Å². The molecule has 1 N–H and O–H groups in total. The van der Waals surface area contributed by atoms with Crippen LogP contribution in [0.4, 0.5) is 11.4 Å². The zero-order valence-corrected chi connectivity index (χ0v) is 13.7. The van der Waals surface area contributed by atoms with Crippen LogP contribution in [0.5, 0.6) is 0 Å². The lowest BCUT2D eigenvalue weighted by atomic mass is 10.2. The van der Waals surface area contributed by atoms with Crippen LogP contribution < -0.4 is 10.2 Å². The van der Waals surface area contributed by atoms with Gasteiger partial charge in [0, 0.05) is 19.3 Å². The molecular weight excluding hydrogens is 310 g/mol. The van der Waals surface area contributed by atoms with E-state index in [0.29, 0.717) is 0 Å². The maximum atomic E-state index is 11.8. The molecule has 0 aliphatic heterocycles. The van der Waals surface area contributed by atoms with Crippen LogP contribution in [0.2, 0.25) is 0 Å². The van der Waals surface area contributed by atoms with Crippen molar-refractivity contribution in [2.24, 2.45) is 0 Å². The molecule has 1 aromatic rings. The number of nitro benzene ring substituents is 1. The van der Waals surface area contributed by atoms with Crippen molar-refractivity contribution in [3.8, 4) is 0 Å². The minimum atomic E-state index is -3.75. The highest BCUT2D eigenvalue weighted by atomic mass is 32.2. The van der Waals surface area contributed by atoms with Gasteiger partial charge in [0.05, 0.1) is 11.5 Å². The fourth-order valence-electron chi connectivity index (χ4n) is 1.97. The lowest BCUT2D eigenvalue weighted by Gasteiger charge is -2.20. The van der Waals surface area contributed by atoms with Crippen molar-refractivity contribution in [3.63, 3.8) is 0 Å². The van der Waals surface area contributed by atoms with Gasteiger partial charge in [0.25, 0.3) is 0 Å². The number of nitrogens with one attached hydrogen (secondary N) is 1. The normalized spacial score (nSPS) is 11.3. The third kappa shape index (κ3) is 4.42. The smallest absolute Gasteiger partial charge is 0.311 e. The van der Waals surface area contributed by atoms with E-state index < -0.39 is 20.4 Å². The second kappa shape index (κ2) is 6.73. The molecule has 0 bridgehead atoms. The fraction of sp³-hybridized carbons (Fsp3) is 0.462. The van der Waals surface area contributed by atoms with Crippen molar-refractivity contribution in [3.05, 3.63) is 28.3 Å². The van der Waals surface area contributed by atoms with Gasteiger partial charge in [0.15, 0.2) is 9.84 Å². The van der Waals surface area contributed by atoms with E-state index in [2.05, 4.69) is 5.32 Å². The average Bonchev–Trinajstić information content (AvgIpc) is 2.35. The van der Waals surface area contributed by atoms with Crippen molar-refractivity contribution in [2.75, 3.05) is 24.7 Å². The van der Waals surface area contributed by atoms with Crippen LogP contribution in [0, 0.1) is 10.1 Å². The first-order valence-corrected chi connectivity index (χ1v) is 8.41. The molecule has 0 radical (unpaired) electrons. The highest BCUT2D eigenvalue weighted by Gasteiger charge is 2.28. The Morgan fingerprint density at radius 1 is 1.41 bits per heavy atom. The topological polar surface area (TPSA) is 110 Å². The van der Waals surface area contributed by atoms with Gasteiger partial charge in [0.2, 0.25) is 5.91 Å². The van der Waals surface area contributed by atoms with Crippen LogP contribution in [0.1, 0.15) is 13.8 Å². The summed E-state index contributed by atoms with van der Waals surface area (Å²) < 4.78 is 23.4. The summed E-state index contributed by atoms with van der Waals surface area (Å²) in [5.41, 5.74) is -0.448. The predicted octanol–water partition coefficient (Wildman–Crippen LogP) is 0.959. The summed E-state index contributed by atoms with van der Waals surface area (Å²) in [6.07, 6.45) is 0.907. The van der Waals surface area contributed by atoms with Crippen LogP contribution in [-0.4, -0.2) is 45.1 Å².